The van der Waals surface area contributed by atoms with Crippen molar-refractivity contribution in [2.75, 3.05) is 11.6 Å². The van der Waals surface area contributed by atoms with Crippen molar-refractivity contribution in [1.82, 2.24) is 4.72 Å². The molecule has 0 aromatic heterocycles. The second kappa shape index (κ2) is 6.99. The summed E-state index contributed by atoms with van der Waals surface area (Å²) >= 11 is 5.80. The van der Waals surface area contributed by atoms with Crippen molar-refractivity contribution in [3.8, 4) is 0 Å². The molecule has 0 saturated carbocycles. The van der Waals surface area contributed by atoms with E-state index in [1.165, 1.54) is 0 Å². The molecule has 1 aromatic carbocycles. The number of hydrogen-bond donors (Lipinski definition) is 1. The van der Waals surface area contributed by atoms with Gasteiger partial charge < -0.3 is 0 Å². The van der Waals surface area contributed by atoms with Crippen molar-refractivity contribution in [2.24, 2.45) is 0 Å². The zero-order valence-corrected chi connectivity index (χ0v) is 11.5. The Labute approximate surface area is 108 Å². The van der Waals surface area contributed by atoms with Gasteiger partial charge in [0.15, 0.2) is 0 Å². The Balaban J connectivity index is 2.61. The van der Waals surface area contributed by atoms with E-state index in [-0.39, 0.29) is 17.7 Å². The van der Waals surface area contributed by atoms with Crippen LogP contribution in [0.5, 0.6) is 0 Å². The van der Waals surface area contributed by atoms with Gasteiger partial charge in [-0.3, -0.25) is 0 Å². The zero-order valence-electron chi connectivity index (χ0n) is 9.90. The Hall–Kier alpha value is -0.580. The maximum Gasteiger partial charge on any atom is 0.211 e. The Morgan fingerprint density at radius 2 is 1.94 bits per heavy atom. The van der Waals surface area contributed by atoms with E-state index in [1.807, 2.05) is 37.3 Å². The first-order valence-electron chi connectivity index (χ1n) is 5.67. The van der Waals surface area contributed by atoms with Crippen LogP contribution in [-0.4, -0.2) is 26.1 Å². The molecular formula is C12H18ClNO2S. The second-order valence-corrected chi connectivity index (χ2v) is 6.16. The number of sulfonamides is 1. The lowest BCUT2D eigenvalue weighted by Crippen LogP contribution is -2.39. The molecule has 1 rings (SSSR count). The molecule has 1 aromatic rings. The van der Waals surface area contributed by atoms with E-state index in [0.717, 1.165) is 5.56 Å². The molecule has 0 amide bonds. The summed E-state index contributed by atoms with van der Waals surface area (Å²) in [5.74, 6) is 0.424. The van der Waals surface area contributed by atoms with Crippen molar-refractivity contribution >= 4 is 21.6 Å². The van der Waals surface area contributed by atoms with Gasteiger partial charge in [0.25, 0.3) is 0 Å². The summed E-state index contributed by atoms with van der Waals surface area (Å²) in [4.78, 5) is 0. The summed E-state index contributed by atoms with van der Waals surface area (Å²) in [6, 6.07) is 9.49. The second-order valence-electron chi connectivity index (χ2n) is 3.98. The van der Waals surface area contributed by atoms with E-state index in [4.69, 9.17) is 11.6 Å². The van der Waals surface area contributed by atoms with E-state index in [1.54, 1.807) is 0 Å². The summed E-state index contributed by atoms with van der Waals surface area (Å²) in [5, 5.41) is 0. The van der Waals surface area contributed by atoms with Gasteiger partial charge in [0, 0.05) is 11.9 Å². The zero-order chi connectivity index (χ0) is 12.7. The highest BCUT2D eigenvalue weighted by molar-refractivity contribution is 7.89. The fraction of sp³-hybridized carbons (Fsp3) is 0.500. The highest BCUT2D eigenvalue weighted by Gasteiger charge is 2.16. The molecular weight excluding hydrogens is 258 g/mol. The van der Waals surface area contributed by atoms with Crippen LogP contribution >= 0.6 is 11.6 Å². The molecule has 5 heteroatoms. The molecule has 0 heterocycles. The largest absolute Gasteiger partial charge is 0.212 e. The molecule has 1 N–H and O–H groups in total. The molecule has 3 nitrogen and oxygen atoms in total. The molecule has 0 aliphatic heterocycles. The monoisotopic (exact) mass is 275 g/mol. The topological polar surface area (TPSA) is 46.2 Å². The van der Waals surface area contributed by atoms with E-state index in [0.29, 0.717) is 12.8 Å². The molecule has 0 saturated heterocycles. The molecule has 0 unspecified atom stereocenters. The Bertz CT molecular complexity index is 419. The third-order valence-electron chi connectivity index (χ3n) is 2.33. The first kappa shape index (κ1) is 14.5. The fourth-order valence-corrected chi connectivity index (χ4v) is 3.22. The van der Waals surface area contributed by atoms with Crippen LogP contribution in [0.4, 0.5) is 0 Å². The van der Waals surface area contributed by atoms with Gasteiger partial charge in [-0.2, -0.15) is 0 Å². The number of benzene rings is 1. The highest BCUT2D eigenvalue weighted by Crippen LogP contribution is 2.06. The molecule has 96 valence electrons. The average molecular weight is 276 g/mol. The van der Waals surface area contributed by atoms with Gasteiger partial charge >= 0.3 is 0 Å². The first-order valence-corrected chi connectivity index (χ1v) is 7.86. The third-order valence-corrected chi connectivity index (χ3v) is 4.34. The minimum atomic E-state index is -3.20. The summed E-state index contributed by atoms with van der Waals surface area (Å²) in [7, 11) is -3.20. The fourth-order valence-electron chi connectivity index (χ4n) is 1.61. The number of rotatable bonds is 7. The standard InChI is InChI=1S/C12H18ClNO2S/c1-2-8-17(15,16)14-12(10-13)9-11-6-4-3-5-7-11/h3-7,12,14H,2,8-10H2,1H3/t12-/m0/s1. The number of halogens is 1. The van der Waals surface area contributed by atoms with Gasteiger partial charge in [-0.05, 0) is 18.4 Å². The lowest BCUT2D eigenvalue weighted by atomic mass is 10.1. The molecule has 17 heavy (non-hydrogen) atoms. The van der Waals surface area contributed by atoms with Crippen molar-refractivity contribution in [1.29, 1.82) is 0 Å². The molecule has 1 atom stereocenters. The maximum absolute atomic E-state index is 11.6. The van der Waals surface area contributed by atoms with Crippen LogP contribution in [0.15, 0.2) is 30.3 Å². The van der Waals surface area contributed by atoms with E-state index in [2.05, 4.69) is 4.72 Å². The molecule has 0 aliphatic rings. The molecule has 0 radical (unpaired) electrons. The lowest BCUT2D eigenvalue weighted by Gasteiger charge is -2.16. The molecule has 0 spiro atoms. The molecule has 0 aliphatic carbocycles. The molecule has 0 bridgehead atoms. The number of hydrogen-bond acceptors (Lipinski definition) is 2. The minimum absolute atomic E-state index is 0.148. The molecule has 0 fully saturated rings. The Morgan fingerprint density at radius 3 is 2.47 bits per heavy atom. The summed E-state index contributed by atoms with van der Waals surface area (Å²) in [6.07, 6.45) is 1.23. The predicted octanol–water partition coefficient (Wildman–Crippen LogP) is 2.17. The van der Waals surface area contributed by atoms with Gasteiger partial charge in [-0.15, -0.1) is 11.6 Å². The third kappa shape index (κ3) is 5.52. The van der Waals surface area contributed by atoms with Crippen LogP contribution in [0.2, 0.25) is 0 Å². The van der Waals surface area contributed by atoms with E-state index >= 15 is 0 Å². The van der Waals surface area contributed by atoms with E-state index in [9.17, 15) is 8.42 Å². The first-order chi connectivity index (χ1) is 8.07. The number of nitrogens with one attached hydrogen (secondary N) is 1. The minimum Gasteiger partial charge on any atom is -0.212 e. The summed E-state index contributed by atoms with van der Waals surface area (Å²) in [5.41, 5.74) is 1.08. The van der Waals surface area contributed by atoms with Crippen molar-refractivity contribution in [3.63, 3.8) is 0 Å². The predicted molar refractivity (Wildman–Crippen MR) is 71.9 cm³/mol. The highest BCUT2D eigenvalue weighted by atomic mass is 35.5. The quantitative estimate of drug-likeness (QED) is 0.775. The van der Waals surface area contributed by atoms with Gasteiger partial charge in [0.1, 0.15) is 0 Å². The Morgan fingerprint density at radius 1 is 1.29 bits per heavy atom. The summed E-state index contributed by atoms with van der Waals surface area (Å²) < 4.78 is 25.9. The van der Waals surface area contributed by atoms with Gasteiger partial charge in [0.2, 0.25) is 10.0 Å². The van der Waals surface area contributed by atoms with Gasteiger partial charge in [0.05, 0.1) is 5.75 Å². The SMILES string of the molecule is CCCS(=O)(=O)N[C@H](CCl)Cc1ccccc1. The van der Waals surface area contributed by atoms with Gasteiger partial charge in [-0.1, -0.05) is 37.3 Å². The summed E-state index contributed by atoms with van der Waals surface area (Å²) in [6.45, 7) is 1.84. The van der Waals surface area contributed by atoms with Crippen molar-refractivity contribution in [3.05, 3.63) is 35.9 Å². The average Bonchev–Trinajstić information content (AvgIpc) is 2.29. The number of alkyl halides is 1. The van der Waals surface area contributed by atoms with Crippen LogP contribution in [-0.2, 0) is 16.4 Å². The van der Waals surface area contributed by atoms with Crippen LogP contribution in [0.1, 0.15) is 18.9 Å². The normalized spacial score (nSPS) is 13.5. The lowest BCUT2D eigenvalue weighted by molar-refractivity contribution is 0.560. The van der Waals surface area contributed by atoms with Crippen molar-refractivity contribution in [2.45, 2.75) is 25.8 Å². The maximum atomic E-state index is 11.6. The van der Waals surface area contributed by atoms with Crippen LogP contribution in [0.25, 0.3) is 0 Å². The van der Waals surface area contributed by atoms with E-state index < -0.39 is 10.0 Å². The smallest absolute Gasteiger partial charge is 0.211 e. The van der Waals surface area contributed by atoms with Crippen LogP contribution < -0.4 is 4.72 Å². The van der Waals surface area contributed by atoms with Crippen LogP contribution in [0, 0.1) is 0 Å². The van der Waals surface area contributed by atoms with Crippen molar-refractivity contribution < 1.29 is 8.42 Å². The van der Waals surface area contributed by atoms with Gasteiger partial charge in [-0.25, -0.2) is 13.1 Å². The Kier molecular flexibility index (Phi) is 5.95. The van der Waals surface area contributed by atoms with Crippen LogP contribution in [0.3, 0.4) is 0 Å².